The van der Waals surface area contributed by atoms with E-state index in [0.717, 1.165) is 34.8 Å². The molecule has 0 aliphatic heterocycles. The van der Waals surface area contributed by atoms with Crippen molar-refractivity contribution < 1.29 is 26.4 Å². The lowest BCUT2D eigenvalue weighted by atomic mass is 10.2. The third kappa shape index (κ3) is 5.40. The molecule has 0 saturated carbocycles. The number of anilines is 1. The van der Waals surface area contributed by atoms with Crippen LogP contribution in [0.4, 0.5) is 18.9 Å². The molecule has 1 rings (SSSR count). The van der Waals surface area contributed by atoms with Crippen LogP contribution in [0, 0.1) is 0 Å². The molecule has 0 saturated heterocycles. The molecule has 0 heterocycles. The predicted octanol–water partition coefficient (Wildman–Crippen LogP) is 2.73. The zero-order valence-electron chi connectivity index (χ0n) is 13.8. The Balaban J connectivity index is 2.97. The lowest BCUT2D eigenvalue weighted by molar-refractivity contribution is -0.137. The van der Waals surface area contributed by atoms with Gasteiger partial charge in [0.1, 0.15) is 0 Å². The van der Waals surface area contributed by atoms with E-state index in [1.807, 2.05) is 13.8 Å². The average Bonchev–Trinajstić information content (AvgIpc) is 2.47. The van der Waals surface area contributed by atoms with Crippen LogP contribution in [0.1, 0.15) is 25.8 Å². The number of amides is 1. The van der Waals surface area contributed by atoms with Crippen LogP contribution < -0.4 is 4.31 Å². The van der Waals surface area contributed by atoms with E-state index in [9.17, 15) is 26.4 Å². The van der Waals surface area contributed by atoms with Gasteiger partial charge in [0.25, 0.3) is 0 Å². The normalized spacial score (nSPS) is 12.1. The molecule has 0 spiro atoms. The Morgan fingerprint density at radius 3 is 1.96 bits per heavy atom. The highest BCUT2D eigenvalue weighted by atomic mass is 32.2. The summed E-state index contributed by atoms with van der Waals surface area (Å²) in [7, 11) is -3.72. The van der Waals surface area contributed by atoms with Crippen LogP contribution >= 0.6 is 0 Å². The number of halogens is 3. The van der Waals surface area contributed by atoms with Crippen LogP contribution in [-0.4, -0.2) is 45.1 Å². The molecule has 5 nitrogen and oxygen atoms in total. The highest BCUT2D eigenvalue weighted by Gasteiger charge is 2.30. The Kier molecular flexibility index (Phi) is 6.65. The minimum Gasteiger partial charge on any atom is -0.343 e. The van der Waals surface area contributed by atoms with Crippen molar-refractivity contribution in [1.82, 2.24) is 4.90 Å². The van der Waals surface area contributed by atoms with Crippen LogP contribution in [-0.2, 0) is 21.0 Å². The largest absolute Gasteiger partial charge is 0.416 e. The van der Waals surface area contributed by atoms with Crippen molar-refractivity contribution in [1.29, 1.82) is 0 Å². The summed E-state index contributed by atoms with van der Waals surface area (Å²) in [6.45, 7) is 4.51. The van der Waals surface area contributed by atoms with Crippen LogP contribution in [0.3, 0.4) is 0 Å². The van der Waals surface area contributed by atoms with Gasteiger partial charge in [-0.1, -0.05) is 0 Å². The summed E-state index contributed by atoms with van der Waals surface area (Å²) in [5.41, 5.74) is -0.767. The van der Waals surface area contributed by atoms with Gasteiger partial charge in [-0.2, -0.15) is 13.2 Å². The van der Waals surface area contributed by atoms with Crippen LogP contribution in [0.2, 0.25) is 0 Å². The first-order valence-corrected chi connectivity index (χ1v) is 9.28. The molecule has 0 radical (unpaired) electrons. The average molecular weight is 366 g/mol. The Hall–Kier alpha value is -1.77. The number of carbonyl (C=O) groups excluding carboxylic acids is 1. The van der Waals surface area contributed by atoms with E-state index < -0.39 is 21.8 Å². The SMILES string of the molecule is CCN(CC)C(=O)CCN(c1ccc(C(F)(F)F)cc1)S(C)(=O)=O. The molecule has 24 heavy (non-hydrogen) atoms. The standard InChI is InChI=1S/C15H21F3N2O3S/c1-4-19(5-2)14(21)10-11-20(24(3,22)23)13-8-6-12(7-9-13)15(16,17)18/h6-9H,4-5,10-11H2,1-3H3. The Morgan fingerprint density at radius 1 is 1.08 bits per heavy atom. The van der Waals surface area contributed by atoms with E-state index in [1.54, 1.807) is 4.90 Å². The number of benzene rings is 1. The molecule has 0 N–H and O–H groups in total. The molecule has 0 bridgehead atoms. The number of alkyl halides is 3. The first kappa shape index (κ1) is 20.3. The molecule has 9 heteroatoms. The summed E-state index contributed by atoms with van der Waals surface area (Å²) in [5, 5.41) is 0. The third-order valence-electron chi connectivity index (χ3n) is 3.53. The lowest BCUT2D eigenvalue weighted by Crippen LogP contribution is -2.36. The molecule has 0 fully saturated rings. The summed E-state index contributed by atoms with van der Waals surface area (Å²) in [4.78, 5) is 13.6. The second-order valence-corrected chi connectivity index (χ2v) is 7.10. The van der Waals surface area contributed by atoms with E-state index >= 15 is 0 Å². The Morgan fingerprint density at radius 2 is 1.58 bits per heavy atom. The molecular formula is C15H21F3N2O3S. The van der Waals surface area contributed by atoms with Crippen molar-refractivity contribution in [2.24, 2.45) is 0 Å². The lowest BCUT2D eigenvalue weighted by Gasteiger charge is -2.24. The highest BCUT2D eigenvalue weighted by Crippen LogP contribution is 2.31. The zero-order valence-corrected chi connectivity index (χ0v) is 14.6. The van der Waals surface area contributed by atoms with Crippen molar-refractivity contribution in [3.8, 4) is 0 Å². The maximum atomic E-state index is 12.6. The van der Waals surface area contributed by atoms with Crippen molar-refractivity contribution in [3.63, 3.8) is 0 Å². The summed E-state index contributed by atoms with van der Waals surface area (Å²) in [5.74, 6) is -0.208. The number of carbonyl (C=O) groups is 1. The summed E-state index contributed by atoms with van der Waals surface area (Å²) >= 11 is 0. The van der Waals surface area contributed by atoms with Gasteiger partial charge >= 0.3 is 6.18 Å². The Bertz CT molecular complexity index is 654. The van der Waals surface area contributed by atoms with Crippen molar-refractivity contribution >= 4 is 21.6 Å². The highest BCUT2D eigenvalue weighted by molar-refractivity contribution is 7.92. The molecular weight excluding hydrogens is 345 g/mol. The van der Waals surface area contributed by atoms with Crippen LogP contribution in [0.15, 0.2) is 24.3 Å². The Labute approximate surface area is 140 Å². The first-order chi connectivity index (χ1) is 11.0. The van der Waals surface area contributed by atoms with Crippen molar-refractivity contribution in [2.75, 3.05) is 30.2 Å². The minimum absolute atomic E-state index is 0.0459. The van der Waals surface area contributed by atoms with Gasteiger partial charge in [-0.15, -0.1) is 0 Å². The van der Waals surface area contributed by atoms with Gasteiger partial charge in [0.15, 0.2) is 0 Å². The number of nitrogens with zero attached hydrogens (tertiary/aromatic N) is 2. The number of hydrogen-bond acceptors (Lipinski definition) is 3. The van der Waals surface area contributed by atoms with Gasteiger partial charge in [-0.25, -0.2) is 8.42 Å². The van der Waals surface area contributed by atoms with Gasteiger partial charge in [-0.3, -0.25) is 9.10 Å². The van der Waals surface area contributed by atoms with Crippen LogP contribution in [0.5, 0.6) is 0 Å². The van der Waals surface area contributed by atoms with Gasteiger partial charge in [-0.05, 0) is 38.1 Å². The molecule has 0 aliphatic rings. The topological polar surface area (TPSA) is 57.7 Å². The molecule has 1 aromatic rings. The van der Waals surface area contributed by atoms with Crippen molar-refractivity contribution in [3.05, 3.63) is 29.8 Å². The summed E-state index contributed by atoms with van der Waals surface area (Å²) < 4.78 is 62.5. The third-order valence-corrected chi connectivity index (χ3v) is 4.72. The molecule has 1 aromatic carbocycles. The maximum Gasteiger partial charge on any atom is 0.416 e. The van der Waals surface area contributed by atoms with Gasteiger partial charge in [0.05, 0.1) is 17.5 Å². The molecule has 0 aliphatic carbocycles. The second-order valence-electron chi connectivity index (χ2n) is 5.20. The van der Waals surface area contributed by atoms with Crippen LogP contribution in [0.25, 0.3) is 0 Å². The van der Waals surface area contributed by atoms with Gasteiger partial charge < -0.3 is 4.90 Å². The number of rotatable bonds is 7. The summed E-state index contributed by atoms with van der Waals surface area (Å²) in [6, 6.07) is 3.82. The van der Waals surface area contributed by atoms with Crippen molar-refractivity contribution in [2.45, 2.75) is 26.4 Å². The molecule has 0 aromatic heterocycles. The number of sulfonamides is 1. The molecule has 1 amide bonds. The smallest absolute Gasteiger partial charge is 0.343 e. The monoisotopic (exact) mass is 366 g/mol. The van der Waals surface area contributed by atoms with E-state index in [1.165, 1.54) is 0 Å². The molecule has 0 unspecified atom stereocenters. The number of hydrogen-bond donors (Lipinski definition) is 0. The van der Waals surface area contributed by atoms with E-state index in [2.05, 4.69) is 0 Å². The van der Waals surface area contributed by atoms with E-state index in [0.29, 0.717) is 13.1 Å². The predicted molar refractivity (Wildman–Crippen MR) is 86.2 cm³/mol. The molecule has 0 atom stereocenters. The fourth-order valence-corrected chi connectivity index (χ4v) is 3.16. The van der Waals surface area contributed by atoms with E-state index in [4.69, 9.17) is 0 Å². The molecule has 136 valence electrons. The fraction of sp³-hybridized carbons (Fsp3) is 0.533. The van der Waals surface area contributed by atoms with E-state index in [-0.39, 0.29) is 24.6 Å². The van der Waals surface area contributed by atoms with Gasteiger partial charge in [0, 0.05) is 26.1 Å². The quantitative estimate of drug-likeness (QED) is 0.746. The first-order valence-electron chi connectivity index (χ1n) is 7.43. The second kappa shape index (κ2) is 7.87. The minimum atomic E-state index is -4.49. The van der Waals surface area contributed by atoms with Gasteiger partial charge in [0.2, 0.25) is 15.9 Å². The summed E-state index contributed by atoms with van der Waals surface area (Å²) in [6.07, 6.45) is -3.59. The maximum absolute atomic E-state index is 12.6. The zero-order chi connectivity index (χ0) is 18.5. The fourth-order valence-electron chi connectivity index (χ4n) is 2.23.